The number of amides is 2. The largest absolute Gasteiger partial charge is 0.349 e. The minimum absolute atomic E-state index is 0.00900. The molecule has 1 saturated heterocycles. The van der Waals surface area contributed by atoms with E-state index in [0.29, 0.717) is 25.9 Å². The average Bonchev–Trinajstić information content (AvgIpc) is 2.78. The second-order valence-electron chi connectivity index (χ2n) is 8.66. The van der Waals surface area contributed by atoms with Gasteiger partial charge < -0.3 is 10.2 Å². The van der Waals surface area contributed by atoms with E-state index in [4.69, 9.17) is 0 Å². The van der Waals surface area contributed by atoms with Gasteiger partial charge in [0.25, 0.3) is 5.91 Å². The number of nitrogens with zero attached hydrogens (tertiary/aromatic N) is 1. The third kappa shape index (κ3) is 4.78. The topological polar surface area (TPSA) is 49.4 Å². The highest BCUT2D eigenvalue weighted by Crippen LogP contribution is 2.26. The maximum atomic E-state index is 13.9. The molecule has 0 saturated carbocycles. The fourth-order valence-electron chi connectivity index (χ4n) is 4.62. The van der Waals surface area contributed by atoms with Crippen LogP contribution in [0.2, 0.25) is 0 Å². The normalized spacial score (nSPS) is 17.7. The van der Waals surface area contributed by atoms with Crippen LogP contribution in [-0.2, 0) is 17.6 Å². The lowest BCUT2D eigenvalue weighted by atomic mass is 9.89. The van der Waals surface area contributed by atoms with Gasteiger partial charge in [-0.3, -0.25) is 9.59 Å². The first-order valence-corrected chi connectivity index (χ1v) is 11.1. The van der Waals surface area contributed by atoms with Gasteiger partial charge in [-0.05, 0) is 74.3 Å². The number of piperidine rings is 1. The Labute approximate surface area is 181 Å². The maximum absolute atomic E-state index is 13.9. The van der Waals surface area contributed by atoms with E-state index < -0.39 is 17.5 Å². The summed E-state index contributed by atoms with van der Waals surface area (Å²) in [6.45, 7) is 2.75. The van der Waals surface area contributed by atoms with Crippen LogP contribution in [0.25, 0.3) is 0 Å². The van der Waals surface area contributed by atoms with E-state index in [1.165, 1.54) is 34.9 Å². The Morgan fingerprint density at radius 2 is 1.71 bits per heavy atom. The van der Waals surface area contributed by atoms with Crippen molar-refractivity contribution in [2.45, 2.75) is 51.5 Å². The Bertz CT molecular complexity index is 983. The van der Waals surface area contributed by atoms with E-state index >= 15 is 0 Å². The number of nitrogens with one attached hydrogen (secondary N) is 1. The molecule has 1 fully saturated rings. The van der Waals surface area contributed by atoms with E-state index in [9.17, 15) is 18.4 Å². The Hall–Kier alpha value is -2.76. The summed E-state index contributed by atoms with van der Waals surface area (Å²) in [6.07, 6.45) is 5.75. The Morgan fingerprint density at radius 1 is 1.00 bits per heavy atom. The van der Waals surface area contributed by atoms with Gasteiger partial charge in [-0.1, -0.05) is 18.2 Å². The summed E-state index contributed by atoms with van der Waals surface area (Å²) in [5.41, 5.74) is 3.80. The van der Waals surface area contributed by atoms with Crippen LogP contribution in [-0.4, -0.2) is 29.8 Å². The minimum Gasteiger partial charge on any atom is -0.349 e. The second kappa shape index (κ2) is 9.16. The predicted octanol–water partition coefficient (Wildman–Crippen LogP) is 4.57. The molecular weight excluding hydrogens is 398 g/mol. The lowest BCUT2D eigenvalue weighted by molar-refractivity contribution is -0.127. The molecular formula is C25H28F2N2O2. The van der Waals surface area contributed by atoms with Crippen LogP contribution in [0.4, 0.5) is 8.78 Å². The molecule has 0 aromatic heterocycles. The number of hydrogen-bond donors (Lipinski definition) is 1. The van der Waals surface area contributed by atoms with Gasteiger partial charge in [0, 0.05) is 25.1 Å². The second-order valence-corrected chi connectivity index (χ2v) is 8.66. The van der Waals surface area contributed by atoms with Crippen molar-refractivity contribution in [1.82, 2.24) is 10.2 Å². The average molecular weight is 427 g/mol. The number of hydrogen-bond acceptors (Lipinski definition) is 2. The van der Waals surface area contributed by atoms with Crippen LogP contribution >= 0.6 is 0 Å². The van der Waals surface area contributed by atoms with Crippen molar-refractivity contribution in [1.29, 1.82) is 0 Å². The first-order chi connectivity index (χ1) is 14.9. The number of likely N-dealkylation sites (tertiary alicyclic amines) is 1. The standard InChI is InChI=1S/C25H28F2N2O2/c1-16(19-7-6-17-4-2-3-5-20(17)14-19)28-24(30)18-10-12-29(13-11-18)25(31)22-9-8-21(26)15-23(22)27/h6-9,14-16,18H,2-5,10-13H2,1H3,(H,28,30). The molecule has 2 aliphatic rings. The number of carbonyl (C=O) groups excluding carboxylic acids is 2. The Morgan fingerprint density at radius 3 is 2.42 bits per heavy atom. The molecule has 1 heterocycles. The summed E-state index contributed by atoms with van der Waals surface area (Å²) in [5.74, 6) is -2.22. The third-order valence-electron chi connectivity index (χ3n) is 6.55. The van der Waals surface area contributed by atoms with Crippen molar-refractivity contribution in [3.63, 3.8) is 0 Å². The summed E-state index contributed by atoms with van der Waals surface area (Å²) >= 11 is 0. The first-order valence-electron chi connectivity index (χ1n) is 11.1. The van der Waals surface area contributed by atoms with Crippen LogP contribution in [0, 0.1) is 17.6 Å². The number of fused-ring (bicyclic) bond motifs is 1. The zero-order valence-corrected chi connectivity index (χ0v) is 17.8. The van der Waals surface area contributed by atoms with Gasteiger partial charge in [-0.2, -0.15) is 0 Å². The van der Waals surface area contributed by atoms with Gasteiger partial charge in [-0.25, -0.2) is 8.78 Å². The zero-order chi connectivity index (χ0) is 22.0. The van der Waals surface area contributed by atoms with Crippen molar-refractivity contribution in [3.8, 4) is 0 Å². The van der Waals surface area contributed by atoms with E-state index in [2.05, 4.69) is 23.5 Å². The van der Waals surface area contributed by atoms with Gasteiger partial charge in [0.15, 0.2) is 0 Å². The van der Waals surface area contributed by atoms with E-state index in [1.807, 2.05) is 6.92 Å². The number of aryl methyl sites for hydroxylation is 2. The van der Waals surface area contributed by atoms with Crippen LogP contribution in [0.15, 0.2) is 36.4 Å². The summed E-state index contributed by atoms with van der Waals surface area (Å²) in [5, 5.41) is 3.12. The molecule has 1 aliphatic heterocycles. The molecule has 4 nitrogen and oxygen atoms in total. The number of benzene rings is 2. The van der Waals surface area contributed by atoms with Gasteiger partial charge in [0.2, 0.25) is 5.91 Å². The summed E-state index contributed by atoms with van der Waals surface area (Å²) in [7, 11) is 0. The first kappa shape index (κ1) is 21.5. The summed E-state index contributed by atoms with van der Waals surface area (Å²) in [4.78, 5) is 26.9. The Balaban J connectivity index is 1.32. The highest BCUT2D eigenvalue weighted by molar-refractivity contribution is 5.94. The summed E-state index contributed by atoms with van der Waals surface area (Å²) in [6, 6.07) is 9.41. The van der Waals surface area contributed by atoms with Gasteiger partial charge in [-0.15, -0.1) is 0 Å². The van der Waals surface area contributed by atoms with Crippen molar-refractivity contribution in [2.24, 2.45) is 5.92 Å². The molecule has 1 N–H and O–H groups in total. The van der Waals surface area contributed by atoms with E-state index in [0.717, 1.165) is 30.5 Å². The molecule has 1 aliphatic carbocycles. The van der Waals surface area contributed by atoms with Gasteiger partial charge in [0.05, 0.1) is 11.6 Å². The molecule has 1 atom stereocenters. The van der Waals surface area contributed by atoms with Gasteiger partial charge >= 0.3 is 0 Å². The molecule has 6 heteroatoms. The molecule has 164 valence electrons. The molecule has 31 heavy (non-hydrogen) atoms. The van der Waals surface area contributed by atoms with Crippen LogP contribution < -0.4 is 5.32 Å². The fraction of sp³-hybridized carbons (Fsp3) is 0.440. The highest BCUT2D eigenvalue weighted by atomic mass is 19.1. The molecule has 2 aromatic rings. The van der Waals surface area contributed by atoms with Crippen LogP contribution in [0.1, 0.15) is 65.7 Å². The molecule has 0 spiro atoms. The van der Waals surface area contributed by atoms with Gasteiger partial charge in [0.1, 0.15) is 11.6 Å². The molecule has 1 unspecified atom stereocenters. The highest BCUT2D eigenvalue weighted by Gasteiger charge is 2.29. The molecule has 0 radical (unpaired) electrons. The molecule has 2 amide bonds. The van der Waals surface area contributed by atoms with E-state index in [1.54, 1.807) is 0 Å². The minimum atomic E-state index is -0.858. The molecule has 4 rings (SSSR count). The van der Waals surface area contributed by atoms with Crippen molar-refractivity contribution in [2.75, 3.05) is 13.1 Å². The number of carbonyl (C=O) groups is 2. The van der Waals surface area contributed by atoms with Crippen molar-refractivity contribution >= 4 is 11.8 Å². The van der Waals surface area contributed by atoms with Crippen molar-refractivity contribution in [3.05, 3.63) is 70.3 Å². The Kier molecular flexibility index (Phi) is 6.35. The van der Waals surface area contributed by atoms with Crippen LogP contribution in [0.5, 0.6) is 0 Å². The number of rotatable bonds is 4. The van der Waals surface area contributed by atoms with Crippen molar-refractivity contribution < 1.29 is 18.4 Å². The smallest absolute Gasteiger partial charge is 0.256 e. The summed E-state index contributed by atoms with van der Waals surface area (Å²) < 4.78 is 27.0. The quantitative estimate of drug-likeness (QED) is 0.779. The molecule has 2 aromatic carbocycles. The SMILES string of the molecule is CC(NC(=O)C1CCN(C(=O)c2ccc(F)cc2F)CC1)c1ccc2c(c1)CCCC2. The lowest BCUT2D eigenvalue weighted by Gasteiger charge is -2.32. The lowest BCUT2D eigenvalue weighted by Crippen LogP contribution is -2.43. The molecule has 0 bridgehead atoms. The predicted molar refractivity (Wildman–Crippen MR) is 115 cm³/mol. The number of halogens is 2. The van der Waals surface area contributed by atoms with Crippen LogP contribution in [0.3, 0.4) is 0 Å². The third-order valence-corrected chi connectivity index (χ3v) is 6.55. The van der Waals surface area contributed by atoms with E-state index in [-0.39, 0.29) is 23.4 Å². The fourth-order valence-corrected chi connectivity index (χ4v) is 4.62. The zero-order valence-electron chi connectivity index (χ0n) is 17.8. The maximum Gasteiger partial charge on any atom is 0.256 e. The monoisotopic (exact) mass is 426 g/mol.